The van der Waals surface area contributed by atoms with Crippen LogP contribution < -0.4 is 10.2 Å². The van der Waals surface area contributed by atoms with E-state index in [0.29, 0.717) is 28.2 Å². The highest BCUT2D eigenvalue weighted by atomic mass is 16.4. The fourth-order valence-corrected chi connectivity index (χ4v) is 6.29. The molecule has 0 bridgehead atoms. The van der Waals surface area contributed by atoms with Crippen LogP contribution in [0, 0.1) is 0 Å². The molecule has 0 unspecified atom stereocenters. The molecule has 2 N–H and O–H groups in total. The van der Waals surface area contributed by atoms with E-state index in [1.165, 1.54) is 37.7 Å². The van der Waals surface area contributed by atoms with Gasteiger partial charge in [-0.3, -0.25) is 19.2 Å². The maximum atomic E-state index is 14.2. The number of hydrogen-bond acceptors (Lipinski definition) is 4. The van der Waals surface area contributed by atoms with Crippen molar-refractivity contribution in [3.05, 3.63) is 124 Å². The Morgan fingerprint density at radius 2 is 1.41 bits per heavy atom. The highest BCUT2D eigenvalue weighted by Crippen LogP contribution is 2.38. The first-order chi connectivity index (χ1) is 21.4. The number of anilines is 1. The zero-order chi connectivity index (χ0) is 30.6. The summed E-state index contributed by atoms with van der Waals surface area (Å²) in [5, 5.41) is 11.4. The number of ketones is 1. The summed E-state index contributed by atoms with van der Waals surface area (Å²) < 4.78 is 0. The number of fused-ring (bicyclic) bond motifs is 3. The van der Waals surface area contributed by atoms with Crippen LogP contribution in [0.5, 0.6) is 0 Å². The van der Waals surface area contributed by atoms with E-state index in [9.17, 15) is 19.2 Å². The van der Waals surface area contributed by atoms with Crippen molar-refractivity contribution in [2.75, 3.05) is 11.4 Å². The molecule has 1 fully saturated rings. The van der Waals surface area contributed by atoms with E-state index in [4.69, 9.17) is 5.11 Å². The highest BCUT2D eigenvalue weighted by molar-refractivity contribution is 6.22. The van der Waals surface area contributed by atoms with Gasteiger partial charge in [0.2, 0.25) is 0 Å². The SMILES string of the molecule is O=C(O)CCNC(=O)c1ccc(CN(C(=O)c2ccc3c(c2)-c2ccccc2C3=O)c2ccc(C3CCCCC3)cc2)cc1. The topological polar surface area (TPSA) is 104 Å². The number of nitrogens with one attached hydrogen (secondary N) is 1. The molecule has 44 heavy (non-hydrogen) atoms. The summed E-state index contributed by atoms with van der Waals surface area (Å²) in [5.74, 6) is -0.999. The summed E-state index contributed by atoms with van der Waals surface area (Å²) in [4.78, 5) is 52.1. The number of amides is 2. The van der Waals surface area contributed by atoms with E-state index >= 15 is 0 Å². The Labute approximate surface area is 256 Å². The molecule has 0 radical (unpaired) electrons. The van der Waals surface area contributed by atoms with E-state index in [0.717, 1.165) is 22.4 Å². The van der Waals surface area contributed by atoms with E-state index in [1.54, 1.807) is 41.3 Å². The minimum atomic E-state index is -0.976. The maximum Gasteiger partial charge on any atom is 0.305 e. The van der Waals surface area contributed by atoms with Crippen LogP contribution in [-0.2, 0) is 11.3 Å². The zero-order valence-electron chi connectivity index (χ0n) is 24.4. The summed E-state index contributed by atoms with van der Waals surface area (Å²) in [6.45, 7) is 0.320. The average Bonchev–Trinajstić information content (AvgIpc) is 3.35. The molecule has 7 nitrogen and oxygen atoms in total. The lowest BCUT2D eigenvalue weighted by Gasteiger charge is -2.26. The number of carbonyl (C=O) groups excluding carboxylic acids is 3. The van der Waals surface area contributed by atoms with Gasteiger partial charge >= 0.3 is 5.97 Å². The predicted molar refractivity (Wildman–Crippen MR) is 169 cm³/mol. The third kappa shape index (κ3) is 6.04. The van der Waals surface area contributed by atoms with Gasteiger partial charge in [0.05, 0.1) is 13.0 Å². The Balaban J connectivity index is 1.28. The lowest BCUT2D eigenvalue weighted by atomic mass is 9.84. The van der Waals surface area contributed by atoms with Crippen molar-refractivity contribution in [1.29, 1.82) is 0 Å². The summed E-state index contributed by atoms with van der Waals surface area (Å²) in [5.41, 5.74) is 6.64. The molecular weight excluding hydrogens is 552 g/mol. The molecule has 7 heteroatoms. The van der Waals surface area contributed by atoms with E-state index in [-0.39, 0.29) is 37.1 Å². The van der Waals surface area contributed by atoms with Gasteiger partial charge in [-0.15, -0.1) is 0 Å². The quantitative estimate of drug-likeness (QED) is 0.194. The molecule has 4 aromatic carbocycles. The molecule has 0 atom stereocenters. The molecular formula is C37H34N2O5. The number of carboxylic acids is 1. The minimum absolute atomic E-state index is 0.0307. The molecule has 0 aliphatic heterocycles. The van der Waals surface area contributed by atoms with Crippen molar-refractivity contribution < 1.29 is 24.3 Å². The predicted octanol–water partition coefficient (Wildman–Crippen LogP) is 7.00. The summed E-state index contributed by atoms with van der Waals surface area (Å²) in [7, 11) is 0. The summed E-state index contributed by atoms with van der Waals surface area (Å²) in [6.07, 6.45) is 6.00. The van der Waals surface area contributed by atoms with Crippen molar-refractivity contribution in [3.8, 4) is 11.1 Å². The van der Waals surface area contributed by atoms with Crippen molar-refractivity contribution >= 4 is 29.3 Å². The number of nitrogens with zero attached hydrogens (tertiary/aromatic N) is 1. The van der Waals surface area contributed by atoms with Gasteiger partial charge < -0.3 is 15.3 Å². The lowest BCUT2D eigenvalue weighted by Crippen LogP contribution is -2.30. The lowest BCUT2D eigenvalue weighted by molar-refractivity contribution is -0.136. The van der Waals surface area contributed by atoms with E-state index in [2.05, 4.69) is 17.4 Å². The van der Waals surface area contributed by atoms with Crippen molar-refractivity contribution in [1.82, 2.24) is 5.32 Å². The first kappa shape index (κ1) is 29.1. The van der Waals surface area contributed by atoms with Crippen LogP contribution in [0.3, 0.4) is 0 Å². The van der Waals surface area contributed by atoms with Gasteiger partial charge in [-0.2, -0.15) is 0 Å². The van der Waals surface area contributed by atoms with Gasteiger partial charge in [-0.1, -0.05) is 67.8 Å². The van der Waals surface area contributed by atoms with Crippen molar-refractivity contribution in [2.24, 2.45) is 0 Å². The molecule has 2 amide bonds. The molecule has 2 aliphatic carbocycles. The fourth-order valence-electron chi connectivity index (χ4n) is 6.29. The Hall–Kier alpha value is -5.04. The Bertz CT molecular complexity index is 1720. The van der Waals surface area contributed by atoms with Crippen molar-refractivity contribution in [2.45, 2.75) is 51.0 Å². The van der Waals surface area contributed by atoms with Crippen LogP contribution in [0.25, 0.3) is 11.1 Å². The smallest absolute Gasteiger partial charge is 0.305 e. The van der Waals surface area contributed by atoms with Crippen LogP contribution >= 0.6 is 0 Å². The van der Waals surface area contributed by atoms with Gasteiger partial charge in [0, 0.05) is 34.5 Å². The van der Waals surface area contributed by atoms with Gasteiger partial charge in [-0.05, 0) is 83.5 Å². The van der Waals surface area contributed by atoms with Gasteiger partial charge in [0.25, 0.3) is 11.8 Å². The normalized spacial score (nSPS) is 14.0. The van der Waals surface area contributed by atoms with Gasteiger partial charge in [0.15, 0.2) is 5.78 Å². The molecule has 0 aromatic heterocycles. The summed E-state index contributed by atoms with van der Waals surface area (Å²) >= 11 is 0. The third-order valence-corrected chi connectivity index (χ3v) is 8.68. The standard InChI is InChI=1S/C37H34N2O5/c40-34(41)20-21-38-36(43)27-12-10-24(11-13-27)23-39(29-17-14-26(15-18-29)25-6-2-1-3-7-25)37(44)28-16-19-32-33(22-28)30-8-4-5-9-31(30)35(32)42/h4-5,8-19,22,25H,1-3,6-7,20-21,23H2,(H,38,43)(H,40,41). The first-order valence-corrected chi connectivity index (χ1v) is 15.2. The number of benzene rings is 4. The number of hydrogen-bond donors (Lipinski definition) is 2. The molecule has 1 saturated carbocycles. The second kappa shape index (κ2) is 12.7. The molecule has 6 rings (SSSR count). The number of carbonyl (C=O) groups is 4. The third-order valence-electron chi connectivity index (χ3n) is 8.68. The minimum Gasteiger partial charge on any atom is -0.481 e. The second-order valence-electron chi connectivity index (χ2n) is 11.5. The van der Waals surface area contributed by atoms with Crippen LogP contribution in [0.2, 0.25) is 0 Å². The molecule has 0 spiro atoms. The van der Waals surface area contributed by atoms with Gasteiger partial charge in [0.1, 0.15) is 0 Å². The molecule has 4 aromatic rings. The Morgan fingerprint density at radius 1 is 0.750 bits per heavy atom. The molecule has 0 saturated heterocycles. The van der Waals surface area contributed by atoms with E-state index < -0.39 is 5.97 Å². The molecule has 0 heterocycles. The molecule has 2 aliphatic rings. The number of aliphatic carboxylic acids is 1. The average molecular weight is 587 g/mol. The monoisotopic (exact) mass is 586 g/mol. The van der Waals surface area contributed by atoms with Gasteiger partial charge in [-0.25, -0.2) is 0 Å². The number of carboxylic acid groups (broad SMARTS) is 1. The molecule has 222 valence electrons. The maximum absolute atomic E-state index is 14.2. The largest absolute Gasteiger partial charge is 0.481 e. The van der Waals surface area contributed by atoms with Crippen LogP contribution in [0.15, 0.2) is 91.0 Å². The fraction of sp³-hybridized carbons (Fsp3) is 0.243. The zero-order valence-corrected chi connectivity index (χ0v) is 24.4. The number of rotatable bonds is 9. The van der Waals surface area contributed by atoms with Crippen LogP contribution in [0.4, 0.5) is 5.69 Å². The summed E-state index contributed by atoms with van der Waals surface area (Å²) in [6, 6.07) is 28.0. The second-order valence-corrected chi connectivity index (χ2v) is 11.5. The van der Waals surface area contributed by atoms with Crippen molar-refractivity contribution in [3.63, 3.8) is 0 Å². The van der Waals surface area contributed by atoms with Crippen LogP contribution in [-0.4, -0.2) is 35.2 Å². The Morgan fingerprint density at radius 3 is 2.11 bits per heavy atom. The Kier molecular flexibility index (Phi) is 8.37. The van der Waals surface area contributed by atoms with Crippen LogP contribution in [0.1, 0.15) is 92.2 Å². The first-order valence-electron chi connectivity index (χ1n) is 15.2. The highest BCUT2D eigenvalue weighted by Gasteiger charge is 2.28. The van der Waals surface area contributed by atoms with E-state index in [1.807, 2.05) is 42.5 Å².